The molecule has 3 rings (SSSR count). The summed E-state index contributed by atoms with van der Waals surface area (Å²) in [5.74, 6) is 0.835. The van der Waals surface area contributed by atoms with Gasteiger partial charge in [-0.05, 0) is 35.9 Å². The predicted molar refractivity (Wildman–Crippen MR) is 110 cm³/mol. The third kappa shape index (κ3) is 5.73. The van der Waals surface area contributed by atoms with Gasteiger partial charge in [0.05, 0.1) is 13.3 Å². The smallest absolute Gasteiger partial charge is 0.328 e. The van der Waals surface area contributed by atoms with Crippen molar-refractivity contribution in [2.24, 2.45) is 0 Å². The van der Waals surface area contributed by atoms with Crippen LogP contribution < -0.4 is 14.2 Å². The first-order chi connectivity index (χ1) is 14.0. The molecule has 0 unspecified atom stereocenters. The summed E-state index contributed by atoms with van der Waals surface area (Å²) < 4.78 is 16.8. The van der Waals surface area contributed by atoms with Gasteiger partial charge in [0.25, 0.3) is 0 Å². The molecule has 0 saturated heterocycles. The minimum atomic E-state index is -1.02. The molecule has 29 heavy (non-hydrogen) atoms. The maximum Gasteiger partial charge on any atom is 0.328 e. The standard InChI is InChI=1S/C22H18ClNO5/c1-27-20-12-15(7-11-22(25)26)6-9-19(20)29-21-10-8-17(13-24-21)28-14-16-4-2-3-5-18(16)23/h2-13H,14H2,1H3,(H,25,26). The SMILES string of the molecule is COc1cc(C=CC(=O)O)ccc1Oc1ccc(OCc2ccccc2Cl)cn1. The summed E-state index contributed by atoms with van der Waals surface area (Å²) in [5, 5.41) is 9.37. The quantitative estimate of drug-likeness (QED) is 0.512. The van der Waals surface area contributed by atoms with Gasteiger partial charge < -0.3 is 19.3 Å². The fourth-order valence-electron chi connectivity index (χ4n) is 2.44. The van der Waals surface area contributed by atoms with Crippen LogP contribution in [0.15, 0.2) is 66.9 Å². The Balaban J connectivity index is 1.66. The number of hydrogen-bond acceptors (Lipinski definition) is 5. The van der Waals surface area contributed by atoms with Crippen LogP contribution in [0.3, 0.4) is 0 Å². The van der Waals surface area contributed by atoms with Gasteiger partial charge >= 0.3 is 5.97 Å². The van der Waals surface area contributed by atoms with Crippen molar-refractivity contribution in [3.8, 4) is 23.1 Å². The van der Waals surface area contributed by atoms with E-state index in [1.165, 1.54) is 13.2 Å². The number of rotatable bonds is 8. The molecule has 0 amide bonds. The van der Waals surface area contributed by atoms with Gasteiger partial charge in [0, 0.05) is 22.7 Å². The van der Waals surface area contributed by atoms with E-state index in [0.29, 0.717) is 40.3 Å². The second-order valence-electron chi connectivity index (χ2n) is 5.90. The van der Waals surface area contributed by atoms with Crippen molar-refractivity contribution < 1.29 is 24.1 Å². The van der Waals surface area contributed by atoms with Crippen LogP contribution in [0.4, 0.5) is 0 Å². The minimum absolute atomic E-state index is 0.334. The van der Waals surface area contributed by atoms with E-state index in [0.717, 1.165) is 11.6 Å². The number of halogens is 1. The lowest BCUT2D eigenvalue weighted by Crippen LogP contribution is -1.97. The summed E-state index contributed by atoms with van der Waals surface area (Å²) >= 11 is 6.12. The largest absolute Gasteiger partial charge is 0.493 e. The van der Waals surface area contributed by atoms with Gasteiger partial charge in [-0.15, -0.1) is 0 Å². The fraction of sp³-hybridized carbons (Fsp3) is 0.0909. The van der Waals surface area contributed by atoms with Crippen molar-refractivity contribution >= 4 is 23.6 Å². The van der Waals surface area contributed by atoms with Crippen LogP contribution in [0.5, 0.6) is 23.1 Å². The Labute approximate surface area is 173 Å². The van der Waals surface area contributed by atoms with Gasteiger partial charge in [0.15, 0.2) is 11.5 Å². The van der Waals surface area contributed by atoms with E-state index >= 15 is 0 Å². The Kier molecular flexibility index (Phi) is 6.71. The Morgan fingerprint density at radius 2 is 1.97 bits per heavy atom. The highest BCUT2D eigenvalue weighted by atomic mass is 35.5. The van der Waals surface area contributed by atoms with E-state index in [2.05, 4.69) is 4.98 Å². The summed E-state index contributed by atoms with van der Waals surface area (Å²) in [6.45, 7) is 0.334. The van der Waals surface area contributed by atoms with Gasteiger partial charge in [0.1, 0.15) is 12.4 Å². The van der Waals surface area contributed by atoms with Crippen LogP contribution in [0.25, 0.3) is 6.08 Å². The second kappa shape index (κ2) is 9.61. The van der Waals surface area contributed by atoms with E-state index < -0.39 is 5.97 Å². The number of carboxylic acids is 1. The summed E-state index contributed by atoms with van der Waals surface area (Å²) in [5.41, 5.74) is 1.56. The normalized spacial score (nSPS) is 10.7. The van der Waals surface area contributed by atoms with Crippen LogP contribution in [0, 0.1) is 0 Å². The molecule has 7 heteroatoms. The summed E-state index contributed by atoms with van der Waals surface area (Å²) in [7, 11) is 1.51. The van der Waals surface area contributed by atoms with Crippen molar-refractivity contribution in [1.29, 1.82) is 0 Å². The van der Waals surface area contributed by atoms with Crippen LogP contribution in [0.1, 0.15) is 11.1 Å². The van der Waals surface area contributed by atoms with E-state index in [-0.39, 0.29) is 0 Å². The number of pyridine rings is 1. The molecule has 0 fully saturated rings. The number of hydrogen-bond donors (Lipinski definition) is 1. The molecule has 0 aliphatic carbocycles. The van der Waals surface area contributed by atoms with Crippen molar-refractivity contribution in [3.63, 3.8) is 0 Å². The third-order valence-electron chi connectivity index (χ3n) is 3.88. The molecule has 0 spiro atoms. The molecule has 148 valence electrons. The maximum atomic E-state index is 10.6. The molecule has 0 aliphatic heterocycles. The lowest BCUT2D eigenvalue weighted by Gasteiger charge is -2.11. The monoisotopic (exact) mass is 411 g/mol. The molecule has 1 N–H and O–H groups in total. The van der Waals surface area contributed by atoms with Crippen LogP contribution in [-0.2, 0) is 11.4 Å². The number of aliphatic carboxylic acids is 1. The Morgan fingerprint density at radius 1 is 1.14 bits per heavy atom. The third-order valence-corrected chi connectivity index (χ3v) is 4.25. The Hall–Kier alpha value is -3.51. The number of carboxylic acid groups (broad SMARTS) is 1. The molecule has 0 saturated carbocycles. The molecule has 0 radical (unpaired) electrons. The van der Waals surface area contributed by atoms with Gasteiger partial charge in [-0.25, -0.2) is 9.78 Å². The van der Waals surface area contributed by atoms with Gasteiger partial charge in [-0.2, -0.15) is 0 Å². The van der Waals surface area contributed by atoms with Crippen molar-refractivity contribution in [3.05, 3.63) is 83.0 Å². The first-order valence-electron chi connectivity index (χ1n) is 8.64. The zero-order chi connectivity index (χ0) is 20.6. The molecule has 2 aromatic carbocycles. The maximum absolute atomic E-state index is 10.6. The topological polar surface area (TPSA) is 77.9 Å². The highest BCUT2D eigenvalue weighted by molar-refractivity contribution is 6.31. The Morgan fingerprint density at radius 3 is 2.66 bits per heavy atom. The van der Waals surface area contributed by atoms with E-state index in [1.807, 2.05) is 24.3 Å². The molecule has 0 bridgehead atoms. The fourth-order valence-corrected chi connectivity index (χ4v) is 2.63. The number of benzene rings is 2. The van der Waals surface area contributed by atoms with Crippen molar-refractivity contribution in [2.75, 3.05) is 7.11 Å². The van der Waals surface area contributed by atoms with Gasteiger partial charge in [-0.3, -0.25) is 0 Å². The lowest BCUT2D eigenvalue weighted by atomic mass is 10.2. The Bertz CT molecular complexity index is 1020. The number of nitrogens with zero attached hydrogens (tertiary/aromatic N) is 1. The van der Waals surface area contributed by atoms with E-state index in [9.17, 15) is 4.79 Å². The highest BCUT2D eigenvalue weighted by Crippen LogP contribution is 2.32. The molecule has 0 atom stereocenters. The van der Waals surface area contributed by atoms with Crippen molar-refractivity contribution in [1.82, 2.24) is 4.98 Å². The number of aromatic nitrogens is 1. The number of ether oxygens (including phenoxy) is 3. The first-order valence-corrected chi connectivity index (χ1v) is 9.02. The molecule has 3 aromatic rings. The van der Waals surface area contributed by atoms with E-state index in [1.54, 1.807) is 36.5 Å². The average molecular weight is 412 g/mol. The summed E-state index contributed by atoms with van der Waals surface area (Å²) in [6, 6.07) is 16.0. The molecule has 6 nitrogen and oxygen atoms in total. The van der Waals surface area contributed by atoms with E-state index in [4.69, 9.17) is 30.9 Å². The van der Waals surface area contributed by atoms with Gasteiger partial charge in [0.2, 0.25) is 5.88 Å². The van der Waals surface area contributed by atoms with Crippen LogP contribution in [0.2, 0.25) is 5.02 Å². The average Bonchev–Trinajstić information content (AvgIpc) is 2.73. The van der Waals surface area contributed by atoms with Crippen molar-refractivity contribution in [2.45, 2.75) is 6.61 Å². The summed E-state index contributed by atoms with van der Waals surface area (Å²) in [6.07, 6.45) is 4.08. The molecule has 1 heterocycles. The molecular formula is C22H18ClNO5. The van der Waals surface area contributed by atoms with Gasteiger partial charge in [-0.1, -0.05) is 35.9 Å². The molecule has 1 aromatic heterocycles. The number of carbonyl (C=O) groups is 1. The summed E-state index contributed by atoms with van der Waals surface area (Å²) in [4.78, 5) is 14.9. The minimum Gasteiger partial charge on any atom is -0.493 e. The predicted octanol–water partition coefficient (Wildman–Crippen LogP) is 5.21. The zero-order valence-corrected chi connectivity index (χ0v) is 16.3. The molecule has 0 aliphatic rings. The molecular weight excluding hydrogens is 394 g/mol. The van der Waals surface area contributed by atoms with Crippen LogP contribution in [-0.4, -0.2) is 23.2 Å². The van der Waals surface area contributed by atoms with Crippen LogP contribution >= 0.6 is 11.6 Å². The zero-order valence-electron chi connectivity index (χ0n) is 15.5. The second-order valence-corrected chi connectivity index (χ2v) is 6.30. The first kappa shape index (κ1) is 20.2. The lowest BCUT2D eigenvalue weighted by molar-refractivity contribution is -0.131. The highest BCUT2D eigenvalue weighted by Gasteiger charge is 2.08. The number of methoxy groups -OCH3 is 1.